The lowest BCUT2D eigenvalue weighted by Crippen LogP contribution is -2.25. The number of nitrogens with two attached hydrogens (primary N) is 1. The van der Waals surface area contributed by atoms with Gasteiger partial charge in [0.2, 0.25) is 5.95 Å². The molecule has 0 fully saturated rings. The van der Waals surface area contributed by atoms with Gasteiger partial charge in [0.25, 0.3) is 5.56 Å². The molecule has 0 amide bonds. The number of H-pyrrole nitrogens is 1. The Bertz CT molecular complexity index is 1070. The fourth-order valence-electron chi connectivity index (χ4n) is 2.84. The number of nitrogens with one attached hydrogen (secondary N) is 1. The summed E-state index contributed by atoms with van der Waals surface area (Å²) in [7, 11) is 0. The Morgan fingerprint density at radius 1 is 0.920 bits per heavy atom. The van der Waals surface area contributed by atoms with Crippen molar-refractivity contribution < 1.29 is 0 Å². The summed E-state index contributed by atoms with van der Waals surface area (Å²) in [4.78, 5) is 24.6. The van der Waals surface area contributed by atoms with Gasteiger partial charge in [-0.15, -0.1) is 0 Å². The van der Waals surface area contributed by atoms with E-state index in [9.17, 15) is 4.79 Å². The summed E-state index contributed by atoms with van der Waals surface area (Å²) in [5.74, 6) is 0.863. The van der Waals surface area contributed by atoms with Gasteiger partial charge in [-0.3, -0.25) is 9.36 Å². The molecule has 3 N–H and O–H groups in total. The number of nitrogen functional groups attached to an aromatic ring is 1. The van der Waals surface area contributed by atoms with Gasteiger partial charge in [-0.1, -0.05) is 60.7 Å². The highest BCUT2D eigenvalue weighted by Crippen LogP contribution is 2.12. The molecular weight excluding hydrogens is 314 g/mol. The van der Waals surface area contributed by atoms with E-state index in [0.717, 1.165) is 11.1 Å². The Kier molecular flexibility index (Phi) is 3.78. The van der Waals surface area contributed by atoms with E-state index in [-0.39, 0.29) is 11.5 Å². The summed E-state index contributed by atoms with van der Waals surface area (Å²) in [6.45, 7) is 0.376. The lowest BCUT2D eigenvalue weighted by Gasteiger charge is -2.08. The van der Waals surface area contributed by atoms with Crippen LogP contribution in [0.15, 0.2) is 65.5 Å². The molecule has 4 aromatic rings. The molecule has 0 unspecified atom stereocenters. The Balaban J connectivity index is 1.73. The molecule has 0 saturated heterocycles. The molecule has 2 aromatic carbocycles. The molecule has 124 valence electrons. The van der Waals surface area contributed by atoms with E-state index in [0.29, 0.717) is 30.0 Å². The summed E-state index contributed by atoms with van der Waals surface area (Å²) in [6, 6.07) is 19.6. The van der Waals surface area contributed by atoms with Crippen LogP contribution in [0.3, 0.4) is 0 Å². The van der Waals surface area contributed by atoms with Crippen LogP contribution in [0.5, 0.6) is 0 Å². The number of benzene rings is 2. The molecule has 0 bridgehead atoms. The van der Waals surface area contributed by atoms with E-state index in [1.165, 1.54) is 4.57 Å². The lowest BCUT2D eigenvalue weighted by molar-refractivity contribution is 0.761. The smallest absolute Gasteiger partial charge is 0.281 e. The van der Waals surface area contributed by atoms with Crippen LogP contribution in [0, 0.1) is 0 Å². The lowest BCUT2D eigenvalue weighted by atomic mass is 10.1. The van der Waals surface area contributed by atoms with E-state index in [2.05, 4.69) is 15.0 Å². The third-order valence-corrected chi connectivity index (χ3v) is 4.09. The first-order valence-electron chi connectivity index (χ1n) is 8.03. The predicted octanol–water partition coefficient (Wildman–Crippen LogP) is 2.34. The van der Waals surface area contributed by atoms with Gasteiger partial charge in [-0.2, -0.15) is 4.98 Å². The van der Waals surface area contributed by atoms with Crippen molar-refractivity contribution in [1.82, 2.24) is 19.5 Å². The van der Waals surface area contributed by atoms with Crippen molar-refractivity contribution in [2.45, 2.75) is 13.0 Å². The quantitative estimate of drug-likeness (QED) is 0.600. The van der Waals surface area contributed by atoms with E-state index in [1.807, 2.05) is 60.7 Å². The highest BCUT2D eigenvalue weighted by Gasteiger charge is 2.14. The molecule has 25 heavy (non-hydrogen) atoms. The second kappa shape index (κ2) is 6.24. The third kappa shape index (κ3) is 3.01. The Morgan fingerprint density at radius 2 is 1.56 bits per heavy atom. The molecule has 6 heteroatoms. The van der Waals surface area contributed by atoms with Crippen molar-refractivity contribution in [3.05, 3.63) is 88.0 Å². The standard InChI is InChI=1S/C19H17N5O/c20-19-23-17-16(18(25)24(19)12-14-9-5-2-6-10-14)21-15(22-17)11-13-7-3-1-4-8-13/h1-10H,11-12H2,(H2,20,23)(H,21,22). The fraction of sp³-hybridized carbons (Fsp3) is 0.105. The zero-order chi connectivity index (χ0) is 17.2. The Labute approximate surface area is 144 Å². The molecular formula is C19H17N5O. The van der Waals surface area contributed by atoms with Crippen molar-refractivity contribution in [1.29, 1.82) is 0 Å². The van der Waals surface area contributed by atoms with E-state index in [1.54, 1.807) is 0 Å². The molecule has 0 spiro atoms. The van der Waals surface area contributed by atoms with Crippen LogP contribution in [0.4, 0.5) is 5.95 Å². The van der Waals surface area contributed by atoms with Gasteiger partial charge >= 0.3 is 0 Å². The molecule has 2 heterocycles. The van der Waals surface area contributed by atoms with Gasteiger partial charge in [-0.05, 0) is 11.1 Å². The summed E-state index contributed by atoms with van der Waals surface area (Å²) >= 11 is 0. The number of fused-ring (bicyclic) bond motifs is 1. The number of hydrogen-bond acceptors (Lipinski definition) is 4. The molecule has 6 nitrogen and oxygen atoms in total. The minimum Gasteiger partial charge on any atom is -0.369 e. The molecule has 0 aliphatic heterocycles. The highest BCUT2D eigenvalue weighted by molar-refractivity contribution is 5.70. The summed E-state index contributed by atoms with van der Waals surface area (Å²) in [5, 5.41) is 0. The normalized spacial score (nSPS) is 11.0. The second-order valence-electron chi connectivity index (χ2n) is 5.89. The molecule has 2 aromatic heterocycles. The van der Waals surface area contributed by atoms with Crippen LogP contribution >= 0.6 is 0 Å². The third-order valence-electron chi connectivity index (χ3n) is 4.09. The maximum Gasteiger partial charge on any atom is 0.281 e. The average Bonchev–Trinajstić information content (AvgIpc) is 3.03. The van der Waals surface area contributed by atoms with Crippen molar-refractivity contribution in [2.24, 2.45) is 0 Å². The molecule has 0 aliphatic carbocycles. The second-order valence-corrected chi connectivity index (χ2v) is 5.89. The number of anilines is 1. The summed E-state index contributed by atoms with van der Waals surface area (Å²) < 4.78 is 1.46. The average molecular weight is 331 g/mol. The van der Waals surface area contributed by atoms with Crippen LogP contribution in [0.25, 0.3) is 11.2 Å². The van der Waals surface area contributed by atoms with Crippen molar-refractivity contribution in [2.75, 3.05) is 5.73 Å². The topological polar surface area (TPSA) is 89.6 Å². The number of aromatic nitrogens is 4. The molecule has 0 saturated carbocycles. The maximum absolute atomic E-state index is 12.8. The van der Waals surface area contributed by atoms with Crippen LogP contribution in [-0.2, 0) is 13.0 Å². The maximum atomic E-state index is 12.8. The van der Waals surface area contributed by atoms with Crippen LogP contribution < -0.4 is 11.3 Å². The van der Waals surface area contributed by atoms with E-state index >= 15 is 0 Å². The minimum absolute atomic E-state index is 0.166. The fourth-order valence-corrected chi connectivity index (χ4v) is 2.84. The van der Waals surface area contributed by atoms with Crippen molar-refractivity contribution >= 4 is 17.1 Å². The van der Waals surface area contributed by atoms with E-state index < -0.39 is 0 Å². The monoisotopic (exact) mass is 331 g/mol. The van der Waals surface area contributed by atoms with Gasteiger partial charge in [-0.25, -0.2) is 4.98 Å². The number of nitrogens with zero attached hydrogens (tertiary/aromatic N) is 3. The van der Waals surface area contributed by atoms with Crippen LogP contribution in [-0.4, -0.2) is 19.5 Å². The van der Waals surface area contributed by atoms with Gasteiger partial charge in [0.05, 0.1) is 6.54 Å². The zero-order valence-electron chi connectivity index (χ0n) is 13.5. The molecule has 0 radical (unpaired) electrons. The largest absolute Gasteiger partial charge is 0.369 e. The van der Waals surface area contributed by atoms with Gasteiger partial charge in [0.15, 0.2) is 11.2 Å². The molecule has 0 aliphatic rings. The summed E-state index contributed by atoms with van der Waals surface area (Å²) in [5.41, 5.74) is 8.63. The van der Waals surface area contributed by atoms with Crippen molar-refractivity contribution in [3.63, 3.8) is 0 Å². The SMILES string of the molecule is Nc1nc2nc(Cc3ccccc3)[nH]c2c(=O)n1Cc1ccccc1. The first kappa shape index (κ1) is 15.1. The predicted molar refractivity (Wildman–Crippen MR) is 97.4 cm³/mol. The highest BCUT2D eigenvalue weighted by atomic mass is 16.1. The zero-order valence-corrected chi connectivity index (χ0v) is 13.5. The Hall–Kier alpha value is -3.41. The number of aromatic amines is 1. The minimum atomic E-state index is -0.210. The molecule has 0 atom stereocenters. The first-order valence-corrected chi connectivity index (χ1v) is 8.03. The van der Waals surface area contributed by atoms with Gasteiger partial charge in [0.1, 0.15) is 5.82 Å². The van der Waals surface area contributed by atoms with Gasteiger partial charge in [0, 0.05) is 6.42 Å². The number of imidazole rings is 1. The van der Waals surface area contributed by atoms with E-state index in [4.69, 9.17) is 5.73 Å². The van der Waals surface area contributed by atoms with Gasteiger partial charge < -0.3 is 10.7 Å². The molecule has 4 rings (SSSR count). The van der Waals surface area contributed by atoms with Crippen LogP contribution in [0.1, 0.15) is 17.0 Å². The Morgan fingerprint density at radius 3 is 2.24 bits per heavy atom. The van der Waals surface area contributed by atoms with Crippen LogP contribution in [0.2, 0.25) is 0 Å². The van der Waals surface area contributed by atoms with Crippen molar-refractivity contribution in [3.8, 4) is 0 Å². The first-order chi connectivity index (χ1) is 12.2. The summed E-state index contributed by atoms with van der Waals surface area (Å²) in [6.07, 6.45) is 0.606. The number of rotatable bonds is 4. The number of hydrogen-bond donors (Lipinski definition) is 2.